The van der Waals surface area contributed by atoms with Crippen molar-refractivity contribution in [3.63, 3.8) is 0 Å². The minimum atomic E-state index is -0.276. The number of carbonyl (C=O) groups excluding carboxylic acids is 1. The van der Waals surface area contributed by atoms with Gasteiger partial charge in [-0.15, -0.1) is 0 Å². The average Bonchev–Trinajstić information content (AvgIpc) is 2.19. The second kappa shape index (κ2) is 3.42. The van der Waals surface area contributed by atoms with Crippen molar-refractivity contribution in [2.75, 3.05) is 20.2 Å². The third-order valence-corrected chi connectivity index (χ3v) is 2.76. The van der Waals surface area contributed by atoms with Gasteiger partial charge in [-0.3, -0.25) is 4.79 Å². The first-order valence-corrected chi connectivity index (χ1v) is 4.61. The highest BCUT2D eigenvalue weighted by Gasteiger charge is 2.44. The highest BCUT2D eigenvalue weighted by Crippen LogP contribution is 2.33. The molecule has 1 heterocycles. The maximum atomic E-state index is 10.5. The number of hydrogen-bond donors (Lipinski definition) is 0. The van der Waals surface area contributed by atoms with Crippen LogP contribution in [0.3, 0.4) is 0 Å². The molecular weight excluding hydrogens is 178 g/mol. The van der Waals surface area contributed by atoms with E-state index >= 15 is 0 Å². The molecule has 1 aromatic carbocycles. The summed E-state index contributed by atoms with van der Waals surface area (Å²) in [5.74, 6) is 0. The lowest BCUT2D eigenvalue weighted by atomic mass is 9.86. The van der Waals surface area contributed by atoms with Crippen molar-refractivity contribution in [1.82, 2.24) is 4.90 Å². The molecule has 2 rings (SSSR count). The first kappa shape index (κ1) is 9.21. The number of nitrogens with zero attached hydrogens (tertiary/aromatic N) is 1. The summed E-state index contributed by atoms with van der Waals surface area (Å²) in [7, 11) is 1.69. The number of amides is 1. The molecule has 1 aliphatic heterocycles. The van der Waals surface area contributed by atoms with Crippen molar-refractivity contribution in [2.45, 2.75) is 5.60 Å². The van der Waals surface area contributed by atoms with Gasteiger partial charge in [0.2, 0.25) is 6.41 Å². The molecule has 0 aromatic heterocycles. The predicted molar refractivity (Wildman–Crippen MR) is 52.8 cm³/mol. The second-order valence-corrected chi connectivity index (χ2v) is 3.57. The minimum Gasteiger partial charge on any atom is -0.370 e. The Balaban J connectivity index is 2.20. The normalized spacial score (nSPS) is 18.8. The highest BCUT2D eigenvalue weighted by molar-refractivity contribution is 5.51. The van der Waals surface area contributed by atoms with Gasteiger partial charge < -0.3 is 9.64 Å². The summed E-state index contributed by atoms with van der Waals surface area (Å²) in [6, 6.07) is 10.0. The van der Waals surface area contributed by atoms with Gasteiger partial charge in [-0.2, -0.15) is 0 Å². The zero-order valence-electron chi connectivity index (χ0n) is 8.14. The lowest BCUT2D eigenvalue weighted by Gasteiger charge is -2.47. The number of carbonyl (C=O) groups is 1. The Morgan fingerprint density at radius 2 is 2.00 bits per heavy atom. The van der Waals surface area contributed by atoms with E-state index in [-0.39, 0.29) is 5.60 Å². The van der Waals surface area contributed by atoms with Gasteiger partial charge in [-0.25, -0.2) is 0 Å². The number of ether oxygens (including phenoxy) is 1. The lowest BCUT2D eigenvalue weighted by molar-refractivity contribution is -0.152. The Labute approximate surface area is 83.3 Å². The molecule has 1 saturated heterocycles. The second-order valence-electron chi connectivity index (χ2n) is 3.57. The molecule has 0 bridgehead atoms. The Morgan fingerprint density at radius 1 is 1.36 bits per heavy atom. The van der Waals surface area contributed by atoms with Crippen LogP contribution in [0.1, 0.15) is 5.56 Å². The van der Waals surface area contributed by atoms with Crippen molar-refractivity contribution in [2.24, 2.45) is 0 Å². The summed E-state index contributed by atoms with van der Waals surface area (Å²) in [4.78, 5) is 12.2. The number of benzene rings is 1. The van der Waals surface area contributed by atoms with Crippen molar-refractivity contribution < 1.29 is 9.53 Å². The highest BCUT2D eigenvalue weighted by atomic mass is 16.5. The Bertz CT molecular complexity index is 317. The average molecular weight is 191 g/mol. The van der Waals surface area contributed by atoms with Gasteiger partial charge in [0.15, 0.2) is 0 Å². The number of hydrogen-bond acceptors (Lipinski definition) is 2. The molecule has 0 spiro atoms. The molecule has 0 radical (unpaired) electrons. The van der Waals surface area contributed by atoms with Crippen molar-refractivity contribution in [3.8, 4) is 0 Å². The van der Waals surface area contributed by atoms with Crippen LogP contribution in [0.15, 0.2) is 30.3 Å². The van der Waals surface area contributed by atoms with Crippen LogP contribution in [0.25, 0.3) is 0 Å². The van der Waals surface area contributed by atoms with Crippen LogP contribution in [-0.2, 0) is 15.1 Å². The third kappa shape index (κ3) is 1.30. The molecule has 0 aliphatic carbocycles. The summed E-state index contributed by atoms with van der Waals surface area (Å²) in [6.07, 6.45) is 0.861. The molecule has 74 valence electrons. The maximum Gasteiger partial charge on any atom is 0.209 e. The fourth-order valence-corrected chi connectivity index (χ4v) is 1.86. The number of likely N-dealkylation sites (tertiary alicyclic amines) is 1. The third-order valence-electron chi connectivity index (χ3n) is 2.76. The molecule has 0 unspecified atom stereocenters. The lowest BCUT2D eigenvalue weighted by Crippen LogP contribution is -2.59. The molecule has 0 N–H and O–H groups in total. The Kier molecular flexibility index (Phi) is 2.25. The van der Waals surface area contributed by atoms with Crippen LogP contribution < -0.4 is 0 Å². The first-order chi connectivity index (χ1) is 6.80. The predicted octanol–water partition coefficient (Wildman–Crippen LogP) is 1.00. The SMILES string of the molecule is COC1(c2ccccc2)CN(C=O)C1. The molecule has 1 amide bonds. The molecule has 14 heavy (non-hydrogen) atoms. The van der Waals surface area contributed by atoms with Gasteiger partial charge in [-0.1, -0.05) is 30.3 Å². The number of methoxy groups -OCH3 is 1. The zero-order chi connectivity index (χ0) is 10.0. The number of rotatable bonds is 3. The van der Waals surface area contributed by atoms with Crippen LogP contribution >= 0.6 is 0 Å². The van der Waals surface area contributed by atoms with Gasteiger partial charge >= 0.3 is 0 Å². The van der Waals surface area contributed by atoms with Crippen LogP contribution in [0, 0.1) is 0 Å². The zero-order valence-corrected chi connectivity index (χ0v) is 8.14. The fraction of sp³-hybridized carbons (Fsp3) is 0.364. The molecule has 3 nitrogen and oxygen atoms in total. The van der Waals surface area contributed by atoms with E-state index in [1.54, 1.807) is 12.0 Å². The van der Waals surface area contributed by atoms with Crippen molar-refractivity contribution >= 4 is 6.41 Å². The summed E-state index contributed by atoms with van der Waals surface area (Å²) in [5, 5.41) is 0. The van der Waals surface area contributed by atoms with E-state index in [2.05, 4.69) is 0 Å². The summed E-state index contributed by atoms with van der Waals surface area (Å²) < 4.78 is 5.49. The van der Waals surface area contributed by atoms with Crippen LogP contribution in [-0.4, -0.2) is 31.5 Å². The molecule has 0 atom stereocenters. The van der Waals surface area contributed by atoms with E-state index in [0.717, 1.165) is 12.0 Å². The van der Waals surface area contributed by atoms with Crippen LogP contribution in [0.2, 0.25) is 0 Å². The minimum absolute atomic E-state index is 0.276. The smallest absolute Gasteiger partial charge is 0.209 e. The van der Waals surface area contributed by atoms with Crippen LogP contribution in [0.4, 0.5) is 0 Å². The molecule has 0 saturated carbocycles. The summed E-state index contributed by atoms with van der Waals surface area (Å²) >= 11 is 0. The van der Waals surface area contributed by atoms with Crippen molar-refractivity contribution in [1.29, 1.82) is 0 Å². The molecule has 1 aliphatic rings. The topological polar surface area (TPSA) is 29.5 Å². The largest absolute Gasteiger partial charge is 0.370 e. The van der Waals surface area contributed by atoms with Gasteiger partial charge in [0.05, 0.1) is 13.1 Å². The van der Waals surface area contributed by atoms with Gasteiger partial charge in [0.1, 0.15) is 5.60 Å². The van der Waals surface area contributed by atoms with Gasteiger partial charge in [-0.05, 0) is 5.56 Å². The Morgan fingerprint density at radius 3 is 2.50 bits per heavy atom. The van der Waals surface area contributed by atoms with E-state index in [4.69, 9.17) is 4.74 Å². The van der Waals surface area contributed by atoms with Crippen molar-refractivity contribution in [3.05, 3.63) is 35.9 Å². The van der Waals surface area contributed by atoms with E-state index < -0.39 is 0 Å². The van der Waals surface area contributed by atoms with Gasteiger partial charge in [0.25, 0.3) is 0 Å². The maximum absolute atomic E-state index is 10.5. The summed E-state index contributed by atoms with van der Waals surface area (Å²) in [6.45, 7) is 1.30. The molecular formula is C11H13NO2. The standard InChI is InChI=1S/C11H13NO2/c1-14-11(7-12(8-11)9-13)10-5-3-2-4-6-10/h2-6,9H,7-8H2,1H3. The van der Waals surface area contributed by atoms with Gasteiger partial charge in [0, 0.05) is 7.11 Å². The monoisotopic (exact) mass is 191 g/mol. The molecule has 1 fully saturated rings. The molecule has 3 heteroatoms. The Hall–Kier alpha value is -1.35. The van der Waals surface area contributed by atoms with E-state index in [1.165, 1.54) is 0 Å². The van der Waals surface area contributed by atoms with E-state index in [0.29, 0.717) is 13.1 Å². The van der Waals surface area contributed by atoms with Crippen LogP contribution in [0.5, 0.6) is 0 Å². The first-order valence-electron chi connectivity index (χ1n) is 4.61. The van der Waals surface area contributed by atoms with E-state index in [9.17, 15) is 4.79 Å². The molecule has 1 aromatic rings. The fourth-order valence-electron chi connectivity index (χ4n) is 1.86. The quantitative estimate of drug-likeness (QED) is 0.667. The van der Waals surface area contributed by atoms with E-state index in [1.807, 2.05) is 30.3 Å². The summed E-state index contributed by atoms with van der Waals surface area (Å²) in [5.41, 5.74) is 0.864.